The van der Waals surface area contributed by atoms with Crippen LogP contribution in [0.25, 0.3) is 10.2 Å². The van der Waals surface area contributed by atoms with Crippen LogP contribution in [-0.4, -0.2) is 33.7 Å². The summed E-state index contributed by atoms with van der Waals surface area (Å²) < 4.78 is 2.09. The Morgan fingerprint density at radius 2 is 2.20 bits per heavy atom. The fourth-order valence-corrected chi connectivity index (χ4v) is 3.14. The Balaban J connectivity index is 2.09. The Labute approximate surface area is 95.8 Å². The number of hydrogen-bond donors (Lipinski definition) is 2. The van der Waals surface area contributed by atoms with Crippen LogP contribution in [0.3, 0.4) is 0 Å². The van der Waals surface area contributed by atoms with E-state index in [1.54, 1.807) is 11.3 Å². The van der Waals surface area contributed by atoms with Gasteiger partial charge in [-0.2, -0.15) is 0 Å². The van der Waals surface area contributed by atoms with Gasteiger partial charge in [0.25, 0.3) is 0 Å². The molecule has 0 aliphatic carbocycles. The zero-order valence-corrected chi connectivity index (χ0v) is 9.59. The molecule has 1 aromatic heterocycles. The first-order valence-electron chi connectivity index (χ1n) is 4.57. The first-order chi connectivity index (χ1) is 7.29. The number of fused-ring (bicyclic) bond motifs is 1. The van der Waals surface area contributed by atoms with Crippen molar-refractivity contribution in [2.24, 2.45) is 0 Å². The van der Waals surface area contributed by atoms with Crippen molar-refractivity contribution >= 4 is 33.3 Å². The summed E-state index contributed by atoms with van der Waals surface area (Å²) in [5, 5.41) is 17.9. The molecular weight excluding hydrogens is 230 g/mol. The SMILES string of the molecule is OCC(O)CSc1nc2ccccc2s1. The van der Waals surface area contributed by atoms with Gasteiger partial charge in [0, 0.05) is 5.75 Å². The summed E-state index contributed by atoms with van der Waals surface area (Å²) in [6.45, 7) is -0.197. The van der Waals surface area contributed by atoms with Crippen molar-refractivity contribution in [3.63, 3.8) is 0 Å². The summed E-state index contributed by atoms with van der Waals surface area (Å²) in [4.78, 5) is 4.41. The molecule has 0 spiro atoms. The molecular formula is C10H11NO2S2. The monoisotopic (exact) mass is 241 g/mol. The maximum Gasteiger partial charge on any atom is 0.151 e. The smallest absolute Gasteiger partial charge is 0.151 e. The molecule has 0 saturated heterocycles. The second-order valence-corrected chi connectivity index (χ2v) is 5.39. The Morgan fingerprint density at radius 3 is 2.93 bits per heavy atom. The normalized spacial score (nSPS) is 13.2. The summed E-state index contributed by atoms with van der Waals surface area (Å²) >= 11 is 3.09. The van der Waals surface area contributed by atoms with E-state index in [0.717, 1.165) is 14.6 Å². The van der Waals surface area contributed by atoms with Gasteiger partial charge in [-0.15, -0.1) is 11.3 Å². The highest BCUT2D eigenvalue weighted by Crippen LogP contribution is 2.29. The van der Waals surface area contributed by atoms with E-state index in [2.05, 4.69) is 4.98 Å². The van der Waals surface area contributed by atoms with Crippen LogP contribution in [0.4, 0.5) is 0 Å². The largest absolute Gasteiger partial charge is 0.394 e. The maximum absolute atomic E-state index is 9.20. The van der Waals surface area contributed by atoms with Crippen LogP contribution < -0.4 is 0 Å². The summed E-state index contributed by atoms with van der Waals surface area (Å²) in [6, 6.07) is 7.94. The molecule has 1 atom stereocenters. The van der Waals surface area contributed by atoms with Crippen LogP contribution in [0.2, 0.25) is 0 Å². The average molecular weight is 241 g/mol. The standard InChI is InChI=1S/C10H11NO2S2/c12-5-7(13)6-14-10-11-8-3-1-2-4-9(8)15-10/h1-4,7,12-13H,5-6H2. The molecule has 0 amide bonds. The van der Waals surface area contributed by atoms with Gasteiger partial charge in [-0.25, -0.2) is 4.98 Å². The maximum atomic E-state index is 9.20. The Kier molecular flexibility index (Phi) is 3.58. The van der Waals surface area contributed by atoms with Crippen molar-refractivity contribution in [2.75, 3.05) is 12.4 Å². The number of benzene rings is 1. The van der Waals surface area contributed by atoms with Gasteiger partial charge in [-0.1, -0.05) is 23.9 Å². The second kappa shape index (κ2) is 4.94. The molecule has 1 unspecified atom stereocenters. The molecule has 1 heterocycles. The third-order valence-corrected chi connectivity index (χ3v) is 4.21. The lowest BCUT2D eigenvalue weighted by Crippen LogP contribution is -2.14. The van der Waals surface area contributed by atoms with Crippen LogP contribution in [0.5, 0.6) is 0 Å². The zero-order valence-electron chi connectivity index (χ0n) is 7.96. The van der Waals surface area contributed by atoms with Crippen LogP contribution in [0.15, 0.2) is 28.6 Å². The van der Waals surface area contributed by atoms with E-state index in [1.807, 2.05) is 24.3 Å². The number of nitrogens with zero attached hydrogens (tertiary/aromatic N) is 1. The van der Waals surface area contributed by atoms with Gasteiger partial charge in [0.05, 0.1) is 22.9 Å². The van der Waals surface area contributed by atoms with E-state index < -0.39 is 6.10 Å². The molecule has 2 aromatic rings. The minimum Gasteiger partial charge on any atom is -0.394 e. The predicted octanol–water partition coefficient (Wildman–Crippen LogP) is 1.74. The Hall–Kier alpha value is -0.620. The minimum absolute atomic E-state index is 0.197. The van der Waals surface area contributed by atoms with Crippen molar-refractivity contribution in [2.45, 2.75) is 10.4 Å². The lowest BCUT2D eigenvalue weighted by molar-refractivity contribution is 0.113. The fraction of sp³-hybridized carbons (Fsp3) is 0.300. The molecule has 3 nitrogen and oxygen atoms in total. The van der Waals surface area contributed by atoms with Crippen molar-refractivity contribution in [3.05, 3.63) is 24.3 Å². The lowest BCUT2D eigenvalue weighted by Gasteiger charge is -2.02. The van der Waals surface area contributed by atoms with Crippen LogP contribution >= 0.6 is 23.1 Å². The number of hydrogen-bond acceptors (Lipinski definition) is 5. The van der Waals surface area contributed by atoms with Crippen molar-refractivity contribution in [1.29, 1.82) is 0 Å². The molecule has 15 heavy (non-hydrogen) atoms. The third-order valence-electron chi connectivity index (χ3n) is 1.88. The molecule has 0 aliphatic heterocycles. The quantitative estimate of drug-likeness (QED) is 0.801. The average Bonchev–Trinajstić information content (AvgIpc) is 2.68. The Bertz CT molecular complexity index is 411. The minimum atomic E-state index is -0.665. The molecule has 0 fully saturated rings. The fourth-order valence-electron chi connectivity index (χ4n) is 1.13. The molecule has 2 N–H and O–H groups in total. The van der Waals surface area contributed by atoms with Gasteiger partial charge in [0.15, 0.2) is 4.34 Å². The van der Waals surface area contributed by atoms with E-state index in [-0.39, 0.29) is 6.61 Å². The van der Waals surface area contributed by atoms with Crippen molar-refractivity contribution in [1.82, 2.24) is 4.98 Å². The first-order valence-corrected chi connectivity index (χ1v) is 6.37. The number of aliphatic hydroxyl groups is 2. The molecule has 5 heteroatoms. The van der Waals surface area contributed by atoms with Gasteiger partial charge < -0.3 is 10.2 Å². The number of aliphatic hydroxyl groups excluding tert-OH is 2. The van der Waals surface area contributed by atoms with Crippen LogP contribution in [0.1, 0.15) is 0 Å². The van der Waals surface area contributed by atoms with E-state index in [1.165, 1.54) is 11.8 Å². The van der Waals surface area contributed by atoms with Gasteiger partial charge in [-0.05, 0) is 12.1 Å². The summed E-state index contributed by atoms with van der Waals surface area (Å²) in [7, 11) is 0. The summed E-state index contributed by atoms with van der Waals surface area (Å²) in [5.74, 6) is 0.482. The van der Waals surface area contributed by atoms with Gasteiger partial charge >= 0.3 is 0 Å². The topological polar surface area (TPSA) is 53.4 Å². The lowest BCUT2D eigenvalue weighted by atomic mass is 10.3. The van der Waals surface area contributed by atoms with Crippen molar-refractivity contribution < 1.29 is 10.2 Å². The first kappa shape index (κ1) is 10.9. The van der Waals surface area contributed by atoms with E-state index in [9.17, 15) is 5.11 Å². The van der Waals surface area contributed by atoms with Crippen LogP contribution in [0, 0.1) is 0 Å². The number of aromatic nitrogens is 1. The number of thiazole rings is 1. The molecule has 80 valence electrons. The Morgan fingerprint density at radius 1 is 1.40 bits per heavy atom. The molecule has 1 aromatic carbocycles. The van der Waals surface area contributed by atoms with Gasteiger partial charge in [0.1, 0.15) is 0 Å². The molecule has 0 bridgehead atoms. The highest BCUT2D eigenvalue weighted by Gasteiger charge is 2.07. The van der Waals surface area contributed by atoms with Gasteiger partial charge in [0.2, 0.25) is 0 Å². The van der Waals surface area contributed by atoms with E-state index in [0.29, 0.717) is 5.75 Å². The number of thioether (sulfide) groups is 1. The number of rotatable bonds is 4. The molecule has 0 saturated carbocycles. The highest BCUT2D eigenvalue weighted by atomic mass is 32.2. The van der Waals surface area contributed by atoms with E-state index >= 15 is 0 Å². The zero-order chi connectivity index (χ0) is 10.7. The molecule has 0 aliphatic rings. The summed E-state index contributed by atoms with van der Waals surface area (Å²) in [6.07, 6.45) is -0.665. The predicted molar refractivity (Wildman–Crippen MR) is 63.4 cm³/mol. The van der Waals surface area contributed by atoms with Crippen molar-refractivity contribution in [3.8, 4) is 0 Å². The molecule has 2 rings (SSSR count). The second-order valence-electron chi connectivity index (χ2n) is 3.09. The molecule has 0 radical (unpaired) electrons. The third kappa shape index (κ3) is 2.69. The van der Waals surface area contributed by atoms with Gasteiger partial charge in [-0.3, -0.25) is 0 Å². The van der Waals surface area contributed by atoms with E-state index in [4.69, 9.17) is 5.11 Å². The number of para-hydroxylation sites is 1. The highest BCUT2D eigenvalue weighted by molar-refractivity contribution is 8.01. The summed E-state index contributed by atoms with van der Waals surface area (Å²) in [5.41, 5.74) is 0.989. The van der Waals surface area contributed by atoms with Crippen LogP contribution in [-0.2, 0) is 0 Å².